The van der Waals surface area contributed by atoms with Crippen molar-refractivity contribution >= 4 is 23.2 Å². The van der Waals surface area contributed by atoms with E-state index in [1.165, 1.54) is 22.8 Å². The van der Waals surface area contributed by atoms with Gasteiger partial charge in [-0.2, -0.15) is 0 Å². The lowest BCUT2D eigenvalue weighted by molar-refractivity contribution is -0.117. The van der Waals surface area contributed by atoms with Gasteiger partial charge in [0.05, 0.1) is 12.2 Å². The molecule has 1 fully saturated rings. The van der Waals surface area contributed by atoms with Gasteiger partial charge in [-0.25, -0.2) is 4.39 Å². The number of nitrogens with zero attached hydrogens (tertiary/aromatic N) is 1. The summed E-state index contributed by atoms with van der Waals surface area (Å²) in [5.41, 5.74) is 2.17. The van der Waals surface area contributed by atoms with Gasteiger partial charge in [0.25, 0.3) is 5.56 Å². The van der Waals surface area contributed by atoms with Crippen molar-refractivity contribution in [3.8, 4) is 0 Å². The quantitative estimate of drug-likeness (QED) is 0.693. The Kier molecular flexibility index (Phi) is 5.01. The summed E-state index contributed by atoms with van der Waals surface area (Å²) >= 11 is 6.18. The van der Waals surface area contributed by atoms with Gasteiger partial charge in [0.1, 0.15) is 5.82 Å². The molecule has 0 spiro atoms. The number of rotatable bonds is 5. The first-order valence-electron chi connectivity index (χ1n) is 9.01. The molecule has 0 saturated heterocycles. The van der Waals surface area contributed by atoms with Gasteiger partial charge in [0.2, 0.25) is 5.91 Å². The molecule has 1 amide bonds. The molecule has 142 valence electrons. The number of nitrogens with one attached hydrogen (secondary N) is 1. The maximum atomic E-state index is 13.0. The summed E-state index contributed by atoms with van der Waals surface area (Å²) in [7, 11) is 0. The highest BCUT2D eigenvalue weighted by Crippen LogP contribution is 2.47. The summed E-state index contributed by atoms with van der Waals surface area (Å²) in [6.45, 7) is 0.323. The van der Waals surface area contributed by atoms with Crippen LogP contribution in [0.15, 0.2) is 71.7 Å². The third kappa shape index (κ3) is 3.99. The number of carbonyl (C=O) groups excluding carboxylic acids is 1. The fraction of sp³-hybridized carbons (Fsp3) is 0.182. The highest BCUT2D eigenvalue weighted by molar-refractivity contribution is 6.31. The highest BCUT2D eigenvalue weighted by atomic mass is 35.5. The van der Waals surface area contributed by atoms with Crippen LogP contribution >= 0.6 is 11.6 Å². The zero-order valence-corrected chi connectivity index (χ0v) is 15.7. The average Bonchev–Trinajstić information content (AvgIpc) is 3.48. The van der Waals surface area contributed by atoms with Crippen LogP contribution in [-0.2, 0) is 11.3 Å². The van der Waals surface area contributed by atoms with E-state index < -0.39 is 0 Å². The Morgan fingerprint density at radius 2 is 1.86 bits per heavy atom. The summed E-state index contributed by atoms with van der Waals surface area (Å²) < 4.78 is 14.6. The van der Waals surface area contributed by atoms with Gasteiger partial charge in [0.15, 0.2) is 0 Å². The number of pyridine rings is 1. The van der Waals surface area contributed by atoms with Crippen LogP contribution < -0.4 is 10.9 Å². The van der Waals surface area contributed by atoms with Crippen LogP contribution in [0.1, 0.15) is 23.5 Å². The number of halogens is 2. The van der Waals surface area contributed by atoms with Gasteiger partial charge in [-0.3, -0.25) is 9.59 Å². The van der Waals surface area contributed by atoms with E-state index >= 15 is 0 Å². The minimum Gasteiger partial charge on any atom is -0.325 e. The lowest BCUT2D eigenvalue weighted by Crippen LogP contribution is -2.22. The molecule has 2 unspecified atom stereocenters. The molecule has 1 aliphatic carbocycles. The van der Waals surface area contributed by atoms with Crippen molar-refractivity contribution in [1.82, 2.24) is 4.57 Å². The monoisotopic (exact) mass is 396 g/mol. The average molecular weight is 397 g/mol. The fourth-order valence-corrected chi connectivity index (χ4v) is 3.53. The minimum absolute atomic E-state index is 0.0998. The van der Waals surface area contributed by atoms with Gasteiger partial charge >= 0.3 is 0 Å². The second kappa shape index (κ2) is 7.60. The SMILES string of the molecule is O=C(Nc1ccc(=O)n(Cc2ccccc2Cl)c1)C1CC1c1ccc(F)cc1. The number of anilines is 1. The van der Waals surface area contributed by atoms with Crippen LogP contribution in [0.5, 0.6) is 0 Å². The van der Waals surface area contributed by atoms with Gasteiger partial charge in [0, 0.05) is 23.2 Å². The molecule has 0 aliphatic heterocycles. The predicted octanol–water partition coefficient (Wildman–Crippen LogP) is 4.43. The number of benzene rings is 2. The van der Waals surface area contributed by atoms with Crippen molar-refractivity contribution in [3.05, 3.63) is 99.2 Å². The zero-order chi connectivity index (χ0) is 19.7. The number of hydrogen-bond donors (Lipinski definition) is 1. The van der Waals surface area contributed by atoms with Crippen LogP contribution in [0.2, 0.25) is 5.02 Å². The van der Waals surface area contributed by atoms with Crippen molar-refractivity contribution in [2.75, 3.05) is 5.32 Å². The molecule has 0 bridgehead atoms. The fourth-order valence-electron chi connectivity index (χ4n) is 3.34. The van der Waals surface area contributed by atoms with Gasteiger partial charge in [-0.05, 0) is 47.7 Å². The first-order chi connectivity index (χ1) is 13.5. The van der Waals surface area contributed by atoms with E-state index in [1.54, 1.807) is 30.5 Å². The van der Waals surface area contributed by atoms with E-state index in [4.69, 9.17) is 11.6 Å². The molecule has 0 radical (unpaired) electrons. The Bertz CT molecular complexity index is 1080. The maximum absolute atomic E-state index is 13.0. The van der Waals surface area contributed by atoms with Crippen molar-refractivity contribution in [3.63, 3.8) is 0 Å². The Morgan fingerprint density at radius 1 is 1.11 bits per heavy atom. The van der Waals surface area contributed by atoms with Crippen LogP contribution in [0.4, 0.5) is 10.1 Å². The van der Waals surface area contributed by atoms with Crippen molar-refractivity contribution in [2.45, 2.75) is 18.9 Å². The second-order valence-corrected chi connectivity index (χ2v) is 7.37. The van der Waals surface area contributed by atoms with E-state index in [2.05, 4.69) is 5.32 Å². The summed E-state index contributed by atoms with van der Waals surface area (Å²) in [4.78, 5) is 24.7. The zero-order valence-electron chi connectivity index (χ0n) is 14.9. The molecule has 2 aromatic carbocycles. The number of aromatic nitrogens is 1. The van der Waals surface area contributed by atoms with Crippen molar-refractivity contribution in [2.24, 2.45) is 5.92 Å². The minimum atomic E-state index is -0.286. The lowest BCUT2D eigenvalue weighted by Gasteiger charge is -2.11. The molecule has 4 rings (SSSR count). The van der Waals surface area contributed by atoms with Crippen molar-refractivity contribution in [1.29, 1.82) is 0 Å². The van der Waals surface area contributed by atoms with Crippen LogP contribution in [0, 0.1) is 11.7 Å². The molecule has 1 aliphatic rings. The highest BCUT2D eigenvalue weighted by Gasteiger charge is 2.43. The van der Waals surface area contributed by atoms with Crippen molar-refractivity contribution < 1.29 is 9.18 Å². The Labute approximate surface area is 166 Å². The molecule has 6 heteroatoms. The number of carbonyl (C=O) groups is 1. The van der Waals surface area contributed by atoms with E-state index in [0.717, 1.165) is 17.5 Å². The third-order valence-corrected chi connectivity index (χ3v) is 5.34. The van der Waals surface area contributed by atoms with E-state index in [1.807, 2.05) is 18.2 Å². The predicted molar refractivity (Wildman–Crippen MR) is 107 cm³/mol. The molecule has 3 aromatic rings. The third-order valence-electron chi connectivity index (χ3n) is 4.97. The van der Waals surface area contributed by atoms with Gasteiger partial charge in [-0.1, -0.05) is 41.9 Å². The standard InChI is InChI=1S/C22H18ClFN2O2/c23-20-4-2-1-3-15(20)12-26-13-17(9-10-21(26)27)25-22(28)19-11-18(19)14-5-7-16(24)8-6-14/h1-10,13,18-19H,11-12H2,(H,25,28). The van der Waals surface area contributed by atoms with E-state index in [9.17, 15) is 14.0 Å². The number of hydrogen-bond acceptors (Lipinski definition) is 2. The normalized spacial score (nSPS) is 17.9. The number of amides is 1. The molecule has 1 N–H and O–H groups in total. The first-order valence-corrected chi connectivity index (χ1v) is 9.39. The molecule has 1 aromatic heterocycles. The smallest absolute Gasteiger partial charge is 0.250 e. The topological polar surface area (TPSA) is 51.1 Å². The first kappa shape index (κ1) is 18.4. The molecule has 4 nitrogen and oxygen atoms in total. The largest absolute Gasteiger partial charge is 0.325 e. The maximum Gasteiger partial charge on any atom is 0.250 e. The summed E-state index contributed by atoms with van der Waals surface area (Å²) in [6.07, 6.45) is 2.36. The Morgan fingerprint density at radius 3 is 2.61 bits per heavy atom. The Balaban J connectivity index is 1.45. The second-order valence-electron chi connectivity index (χ2n) is 6.96. The van der Waals surface area contributed by atoms with E-state index in [-0.39, 0.29) is 29.1 Å². The molecular formula is C22H18ClFN2O2. The summed E-state index contributed by atoms with van der Waals surface area (Å²) in [6, 6.07) is 16.6. The van der Waals surface area contributed by atoms with Crippen LogP contribution in [-0.4, -0.2) is 10.5 Å². The van der Waals surface area contributed by atoms with E-state index in [0.29, 0.717) is 17.3 Å². The molecule has 28 heavy (non-hydrogen) atoms. The van der Waals surface area contributed by atoms with Crippen LogP contribution in [0.25, 0.3) is 0 Å². The van der Waals surface area contributed by atoms with Gasteiger partial charge < -0.3 is 9.88 Å². The van der Waals surface area contributed by atoms with Crippen LogP contribution in [0.3, 0.4) is 0 Å². The lowest BCUT2D eigenvalue weighted by atomic mass is 10.1. The van der Waals surface area contributed by atoms with Gasteiger partial charge in [-0.15, -0.1) is 0 Å². The molecular weight excluding hydrogens is 379 g/mol. The molecule has 2 atom stereocenters. The Hall–Kier alpha value is -2.92. The summed E-state index contributed by atoms with van der Waals surface area (Å²) in [5.74, 6) is -0.424. The summed E-state index contributed by atoms with van der Waals surface area (Å²) in [5, 5.41) is 3.46. The molecule has 1 saturated carbocycles. The molecule has 1 heterocycles.